The molecule has 1 aromatic rings. The number of hydrogen-bond acceptors (Lipinski definition) is 7. The van der Waals surface area contributed by atoms with Gasteiger partial charge in [0.2, 0.25) is 0 Å². The first-order valence-electron chi connectivity index (χ1n) is 10.1. The van der Waals surface area contributed by atoms with Gasteiger partial charge >= 0.3 is 0 Å². The van der Waals surface area contributed by atoms with Gasteiger partial charge in [-0.1, -0.05) is 38.5 Å². The van der Waals surface area contributed by atoms with Crippen LogP contribution in [0.5, 0.6) is 5.75 Å². The van der Waals surface area contributed by atoms with Crippen molar-refractivity contribution in [3.05, 3.63) is 24.0 Å². The van der Waals surface area contributed by atoms with E-state index in [1.807, 2.05) is 19.1 Å². The molecule has 0 aliphatic rings. The van der Waals surface area contributed by atoms with Crippen molar-refractivity contribution in [2.24, 2.45) is 5.92 Å². The SMILES string of the molecule is CCCC[C@@H](C)Oc1ccnc(C[C@](OCOC)(C(C)=O)[C@@H](C)CSC(C)=O)c1. The van der Waals surface area contributed by atoms with Gasteiger partial charge in [-0.3, -0.25) is 14.6 Å². The number of thioether (sulfide) groups is 1. The number of ether oxygens (including phenoxy) is 3. The predicted molar refractivity (Wildman–Crippen MR) is 116 cm³/mol. The second-order valence-corrected chi connectivity index (χ2v) is 8.63. The van der Waals surface area contributed by atoms with E-state index in [1.54, 1.807) is 6.20 Å². The number of hydrogen-bond donors (Lipinski definition) is 0. The summed E-state index contributed by atoms with van der Waals surface area (Å²) in [5.41, 5.74) is -0.422. The monoisotopic (exact) mass is 425 g/mol. The van der Waals surface area contributed by atoms with Gasteiger partial charge in [0.15, 0.2) is 10.9 Å². The molecule has 0 spiro atoms. The van der Waals surface area contributed by atoms with E-state index in [9.17, 15) is 9.59 Å². The Labute approximate surface area is 179 Å². The molecule has 0 amide bonds. The predicted octanol–water partition coefficient (Wildman–Crippen LogP) is 4.45. The molecule has 1 rings (SSSR count). The van der Waals surface area contributed by atoms with Gasteiger partial charge in [0.05, 0.1) is 6.10 Å². The molecule has 0 saturated carbocycles. The van der Waals surface area contributed by atoms with E-state index in [-0.39, 0.29) is 36.1 Å². The number of nitrogens with zero attached hydrogens (tertiary/aromatic N) is 1. The summed E-state index contributed by atoms with van der Waals surface area (Å²) in [7, 11) is 1.52. The molecule has 0 fully saturated rings. The topological polar surface area (TPSA) is 74.7 Å². The molecule has 0 radical (unpaired) electrons. The van der Waals surface area contributed by atoms with Crippen LogP contribution in [0.1, 0.15) is 59.6 Å². The van der Waals surface area contributed by atoms with Gasteiger partial charge < -0.3 is 14.2 Å². The number of Topliss-reactive ketones (excluding diaryl/α,β-unsaturated/α-hetero) is 1. The molecular weight excluding hydrogens is 390 g/mol. The van der Waals surface area contributed by atoms with Crippen LogP contribution in [0, 0.1) is 5.92 Å². The fourth-order valence-corrected chi connectivity index (χ4v) is 3.91. The quantitative estimate of drug-likeness (QED) is 0.408. The lowest BCUT2D eigenvalue weighted by Crippen LogP contribution is -2.50. The number of methoxy groups -OCH3 is 1. The normalized spacial score (nSPS) is 15.4. The Kier molecular flexibility index (Phi) is 11.5. The minimum atomic E-state index is -1.13. The van der Waals surface area contributed by atoms with E-state index in [0.717, 1.165) is 25.0 Å². The summed E-state index contributed by atoms with van der Waals surface area (Å²) >= 11 is 1.19. The van der Waals surface area contributed by atoms with Crippen molar-refractivity contribution >= 4 is 22.7 Å². The maximum atomic E-state index is 12.7. The van der Waals surface area contributed by atoms with E-state index < -0.39 is 5.60 Å². The van der Waals surface area contributed by atoms with Crippen molar-refractivity contribution in [2.75, 3.05) is 19.7 Å². The summed E-state index contributed by atoms with van der Waals surface area (Å²) in [4.78, 5) is 28.6. The highest BCUT2D eigenvalue weighted by molar-refractivity contribution is 8.13. The number of pyridine rings is 1. The summed E-state index contributed by atoms with van der Waals surface area (Å²) in [6.45, 7) is 9.14. The van der Waals surface area contributed by atoms with Crippen LogP contribution in [-0.4, -0.2) is 47.2 Å². The Morgan fingerprint density at radius 2 is 2.00 bits per heavy atom. The third-order valence-electron chi connectivity index (χ3n) is 4.90. The van der Waals surface area contributed by atoms with Crippen LogP contribution < -0.4 is 4.74 Å². The first kappa shape index (κ1) is 25.6. The third kappa shape index (κ3) is 8.44. The van der Waals surface area contributed by atoms with Crippen LogP contribution in [0.2, 0.25) is 0 Å². The fourth-order valence-electron chi connectivity index (χ4n) is 3.16. The molecule has 6 nitrogen and oxygen atoms in total. The van der Waals surface area contributed by atoms with Crippen molar-refractivity contribution in [2.45, 2.75) is 72.0 Å². The zero-order chi connectivity index (χ0) is 21.9. The average Bonchev–Trinajstić information content (AvgIpc) is 2.67. The lowest BCUT2D eigenvalue weighted by Gasteiger charge is -2.36. The van der Waals surface area contributed by atoms with Crippen LogP contribution in [0.25, 0.3) is 0 Å². The number of ketones is 1. The Morgan fingerprint density at radius 1 is 1.28 bits per heavy atom. The number of carbonyl (C=O) groups is 2. The van der Waals surface area contributed by atoms with Crippen LogP contribution in [0.15, 0.2) is 18.3 Å². The van der Waals surface area contributed by atoms with Crippen LogP contribution >= 0.6 is 11.8 Å². The molecule has 0 N–H and O–H groups in total. The van der Waals surface area contributed by atoms with Gasteiger partial charge in [-0.2, -0.15) is 0 Å². The van der Waals surface area contributed by atoms with E-state index in [0.29, 0.717) is 11.4 Å². The number of rotatable bonds is 14. The van der Waals surface area contributed by atoms with E-state index in [1.165, 1.54) is 32.7 Å². The van der Waals surface area contributed by atoms with Crippen LogP contribution in [-0.2, 0) is 25.5 Å². The molecule has 164 valence electrons. The zero-order valence-corrected chi connectivity index (χ0v) is 19.3. The molecule has 0 aliphatic carbocycles. The summed E-state index contributed by atoms with van der Waals surface area (Å²) in [5.74, 6) is 0.881. The van der Waals surface area contributed by atoms with E-state index in [4.69, 9.17) is 14.2 Å². The van der Waals surface area contributed by atoms with Gasteiger partial charge in [0.1, 0.15) is 18.1 Å². The average molecular weight is 426 g/mol. The molecular formula is C22H35NO5S. The summed E-state index contributed by atoms with van der Waals surface area (Å²) in [6.07, 6.45) is 5.31. The largest absolute Gasteiger partial charge is 0.491 e. The number of aromatic nitrogens is 1. The first-order valence-corrected chi connectivity index (χ1v) is 11.1. The van der Waals surface area contributed by atoms with E-state index >= 15 is 0 Å². The highest BCUT2D eigenvalue weighted by Gasteiger charge is 2.43. The van der Waals surface area contributed by atoms with Gasteiger partial charge in [-0.25, -0.2) is 0 Å². The Morgan fingerprint density at radius 3 is 2.59 bits per heavy atom. The minimum absolute atomic E-state index is 0.00985. The zero-order valence-electron chi connectivity index (χ0n) is 18.5. The molecule has 0 bridgehead atoms. The molecule has 1 heterocycles. The molecule has 1 aromatic heterocycles. The molecule has 7 heteroatoms. The highest BCUT2D eigenvalue weighted by Crippen LogP contribution is 2.31. The van der Waals surface area contributed by atoms with Crippen molar-refractivity contribution < 1.29 is 23.8 Å². The third-order valence-corrected chi connectivity index (χ3v) is 5.97. The van der Waals surface area contributed by atoms with Crippen LogP contribution in [0.3, 0.4) is 0 Å². The van der Waals surface area contributed by atoms with Crippen molar-refractivity contribution in [3.8, 4) is 5.75 Å². The summed E-state index contributed by atoms with van der Waals surface area (Å²) < 4.78 is 17.0. The number of carbonyl (C=O) groups excluding carboxylic acids is 2. The second kappa shape index (κ2) is 13.0. The summed E-state index contributed by atoms with van der Waals surface area (Å²) in [6, 6.07) is 3.69. The Balaban J connectivity index is 3.06. The second-order valence-electron chi connectivity index (χ2n) is 7.43. The maximum Gasteiger partial charge on any atom is 0.185 e. The lowest BCUT2D eigenvalue weighted by molar-refractivity contribution is -0.171. The van der Waals surface area contributed by atoms with Gasteiger partial charge in [-0.15, -0.1) is 0 Å². The maximum absolute atomic E-state index is 12.7. The van der Waals surface area contributed by atoms with E-state index in [2.05, 4.69) is 18.8 Å². The van der Waals surface area contributed by atoms with Gasteiger partial charge in [0, 0.05) is 50.1 Å². The minimum Gasteiger partial charge on any atom is -0.491 e. The first-order chi connectivity index (χ1) is 13.7. The molecule has 0 saturated heterocycles. The van der Waals surface area contributed by atoms with Crippen molar-refractivity contribution in [1.29, 1.82) is 0 Å². The fraction of sp³-hybridized carbons (Fsp3) is 0.682. The Bertz CT molecular complexity index is 654. The van der Waals surface area contributed by atoms with Crippen molar-refractivity contribution in [1.82, 2.24) is 4.98 Å². The number of unbranched alkanes of at least 4 members (excludes halogenated alkanes) is 1. The van der Waals surface area contributed by atoms with Gasteiger partial charge in [-0.05, 0) is 26.3 Å². The highest BCUT2D eigenvalue weighted by atomic mass is 32.2. The molecule has 0 aromatic carbocycles. The smallest absolute Gasteiger partial charge is 0.185 e. The molecule has 0 unspecified atom stereocenters. The molecule has 3 atom stereocenters. The van der Waals surface area contributed by atoms with Crippen LogP contribution in [0.4, 0.5) is 0 Å². The molecule has 0 aliphatic heterocycles. The lowest BCUT2D eigenvalue weighted by atomic mass is 9.82. The summed E-state index contributed by atoms with van der Waals surface area (Å²) in [5, 5.41) is 0.00985. The molecule has 29 heavy (non-hydrogen) atoms. The van der Waals surface area contributed by atoms with Gasteiger partial charge in [0.25, 0.3) is 0 Å². The standard InChI is InChI=1S/C22H35NO5S/c1-7-8-9-17(3)28-21-10-11-23-20(12-21)13-22(18(4)24,27-15-26-6)16(2)14-29-19(5)25/h10-12,16-17H,7-9,13-15H2,1-6H3/t16-,17+,22+/m0/s1. The Hall–Kier alpha value is -1.44. The van der Waals surface area contributed by atoms with Crippen molar-refractivity contribution in [3.63, 3.8) is 0 Å².